The number of halogens is 1. The number of nitrogens with zero attached hydrogens (tertiary/aromatic N) is 2. The number of hydrogen-bond donors (Lipinski definition) is 2. The van der Waals surface area contributed by atoms with Crippen LogP contribution in [0, 0.1) is 0 Å². The van der Waals surface area contributed by atoms with Crippen molar-refractivity contribution in [3.63, 3.8) is 0 Å². The van der Waals surface area contributed by atoms with Gasteiger partial charge in [-0.3, -0.25) is 19.6 Å². The summed E-state index contributed by atoms with van der Waals surface area (Å²) >= 11 is 6.08. The van der Waals surface area contributed by atoms with Gasteiger partial charge in [0.1, 0.15) is 5.69 Å². The van der Waals surface area contributed by atoms with Crippen LogP contribution in [0.15, 0.2) is 67.1 Å². The molecule has 27 heavy (non-hydrogen) atoms. The van der Waals surface area contributed by atoms with Crippen LogP contribution in [0.5, 0.6) is 0 Å². The monoisotopic (exact) mass is 380 g/mol. The third kappa shape index (κ3) is 5.12. The van der Waals surface area contributed by atoms with Gasteiger partial charge >= 0.3 is 0 Å². The summed E-state index contributed by atoms with van der Waals surface area (Å²) in [6.45, 7) is 0.649. The number of carbonyl (C=O) groups is 2. The van der Waals surface area contributed by atoms with Crippen LogP contribution in [0.1, 0.15) is 32.0 Å². The highest BCUT2D eigenvalue weighted by Crippen LogP contribution is 2.14. The van der Waals surface area contributed by atoms with Crippen molar-refractivity contribution in [2.45, 2.75) is 13.1 Å². The number of aromatic nitrogens is 2. The zero-order valence-electron chi connectivity index (χ0n) is 14.4. The van der Waals surface area contributed by atoms with Gasteiger partial charge in [0, 0.05) is 42.3 Å². The first-order chi connectivity index (χ1) is 13.1. The molecule has 0 saturated carbocycles. The smallest absolute Gasteiger partial charge is 0.270 e. The Hall–Kier alpha value is -3.25. The standard InChI is InChI=1S/C20H17ClN4O2/c21-17-4-2-1-3-16(17)13-25-20(27)18-11-15(7-10-23-18)19(26)24-12-14-5-8-22-9-6-14/h1-11H,12-13H2,(H,24,26)(H,25,27). The van der Waals surface area contributed by atoms with E-state index in [1.807, 2.05) is 30.3 Å². The Kier molecular flexibility index (Phi) is 6.12. The van der Waals surface area contributed by atoms with Crippen molar-refractivity contribution in [1.82, 2.24) is 20.6 Å². The van der Waals surface area contributed by atoms with Gasteiger partial charge < -0.3 is 10.6 Å². The van der Waals surface area contributed by atoms with E-state index in [2.05, 4.69) is 20.6 Å². The molecule has 0 radical (unpaired) electrons. The fourth-order valence-corrected chi connectivity index (χ4v) is 2.59. The fraction of sp³-hybridized carbons (Fsp3) is 0.100. The molecule has 1 aromatic carbocycles. The van der Waals surface area contributed by atoms with Crippen molar-refractivity contribution < 1.29 is 9.59 Å². The van der Waals surface area contributed by atoms with Gasteiger partial charge in [-0.25, -0.2) is 0 Å². The third-order valence-electron chi connectivity index (χ3n) is 3.85. The second-order valence-electron chi connectivity index (χ2n) is 5.74. The lowest BCUT2D eigenvalue weighted by Gasteiger charge is -2.08. The molecule has 2 amide bonds. The first-order valence-electron chi connectivity index (χ1n) is 8.28. The summed E-state index contributed by atoms with van der Waals surface area (Å²) in [7, 11) is 0. The fourth-order valence-electron chi connectivity index (χ4n) is 2.39. The number of amides is 2. The summed E-state index contributed by atoms with van der Waals surface area (Å²) in [6, 6.07) is 13.9. The highest BCUT2D eigenvalue weighted by atomic mass is 35.5. The van der Waals surface area contributed by atoms with E-state index in [1.165, 1.54) is 12.3 Å². The second kappa shape index (κ2) is 8.91. The van der Waals surface area contributed by atoms with Gasteiger partial charge in [0.25, 0.3) is 11.8 Å². The molecule has 136 valence electrons. The van der Waals surface area contributed by atoms with Crippen LogP contribution in [0.2, 0.25) is 5.02 Å². The Morgan fingerprint density at radius 3 is 2.41 bits per heavy atom. The molecule has 3 aromatic rings. The maximum atomic E-state index is 12.3. The summed E-state index contributed by atoms with van der Waals surface area (Å²) in [6.07, 6.45) is 4.76. The lowest BCUT2D eigenvalue weighted by Crippen LogP contribution is -2.26. The van der Waals surface area contributed by atoms with Crippen molar-refractivity contribution in [2.75, 3.05) is 0 Å². The van der Waals surface area contributed by atoms with E-state index in [0.717, 1.165) is 11.1 Å². The first kappa shape index (κ1) is 18.5. The second-order valence-corrected chi connectivity index (χ2v) is 6.15. The van der Waals surface area contributed by atoms with Crippen LogP contribution in [0.3, 0.4) is 0 Å². The van der Waals surface area contributed by atoms with Crippen molar-refractivity contribution in [3.05, 3.63) is 94.5 Å². The molecule has 7 heteroatoms. The van der Waals surface area contributed by atoms with Crippen molar-refractivity contribution in [1.29, 1.82) is 0 Å². The summed E-state index contributed by atoms with van der Waals surface area (Å²) in [5, 5.41) is 6.14. The lowest BCUT2D eigenvalue weighted by atomic mass is 10.2. The molecule has 0 atom stereocenters. The maximum absolute atomic E-state index is 12.3. The number of nitrogens with one attached hydrogen (secondary N) is 2. The predicted molar refractivity (Wildman–Crippen MR) is 102 cm³/mol. The van der Waals surface area contributed by atoms with Crippen LogP contribution in [0.25, 0.3) is 0 Å². The zero-order valence-corrected chi connectivity index (χ0v) is 15.1. The summed E-state index contributed by atoms with van der Waals surface area (Å²) < 4.78 is 0. The van der Waals surface area contributed by atoms with Gasteiger partial charge in [-0.15, -0.1) is 0 Å². The molecule has 6 nitrogen and oxygen atoms in total. The minimum Gasteiger partial charge on any atom is -0.348 e. The molecule has 0 bridgehead atoms. The molecule has 0 fully saturated rings. The number of carbonyl (C=O) groups excluding carboxylic acids is 2. The molecule has 3 rings (SSSR count). The summed E-state index contributed by atoms with van der Waals surface area (Å²) in [5.74, 6) is -0.659. The van der Waals surface area contributed by atoms with Gasteiger partial charge in [-0.2, -0.15) is 0 Å². The van der Waals surface area contributed by atoms with Crippen LogP contribution >= 0.6 is 11.6 Å². The van der Waals surface area contributed by atoms with Gasteiger partial charge in [-0.05, 0) is 41.5 Å². The van der Waals surface area contributed by atoms with Crippen LogP contribution < -0.4 is 10.6 Å². The molecule has 0 aliphatic heterocycles. The molecule has 0 spiro atoms. The highest BCUT2D eigenvalue weighted by Gasteiger charge is 2.12. The minimum absolute atomic E-state index is 0.165. The van der Waals surface area contributed by atoms with Crippen molar-refractivity contribution in [3.8, 4) is 0 Å². The van der Waals surface area contributed by atoms with E-state index in [9.17, 15) is 9.59 Å². The van der Waals surface area contributed by atoms with Gasteiger partial charge in [0.2, 0.25) is 0 Å². The molecule has 0 saturated heterocycles. The van der Waals surface area contributed by atoms with Gasteiger partial charge in [0.15, 0.2) is 0 Å². The molecular formula is C20H17ClN4O2. The summed E-state index contributed by atoms with van der Waals surface area (Å²) in [5.41, 5.74) is 2.27. The number of benzene rings is 1. The third-order valence-corrected chi connectivity index (χ3v) is 4.22. The Bertz CT molecular complexity index is 947. The molecule has 2 aromatic heterocycles. The first-order valence-corrected chi connectivity index (χ1v) is 8.66. The van der Waals surface area contributed by atoms with E-state index in [4.69, 9.17) is 11.6 Å². The maximum Gasteiger partial charge on any atom is 0.270 e. The Morgan fingerprint density at radius 2 is 1.63 bits per heavy atom. The Morgan fingerprint density at radius 1 is 0.889 bits per heavy atom. The lowest BCUT2D eigenvalue weighted by molar-refractivity contribution is 0.0946. The molecular weight excluding hydrogens is 364 g/mol. The molecule has 0 aliphatic rings. The molecule has 2 heterocycles. The Labute approximate surface area is 161 Å². The quantitative estimate of drug-likeness (QED) is 0.688. The number of rotatable bonds is 6. The number of pyridine rings is 2. The average molecular weight is 381 g/mol. The number of hydrogen-bond acceptors (Lipinski definition) is 4. The predicted octanol–water partition coefficient (Wildman–Crippen LogP) is 2.99. The Balaban J connectivity index is 1.61. The highest BCUT2D eigenvalue weighted by molar-refractivity contribution is 6.31. The van der Waals surface area contributed by atoms with Crippen LogP contribution in [0.4, 0.5) is 0 Å². The van der Waals surface area contributed by atoms with Crippen molar-refractivity contribution in [2.24, 2.45) is 0 Å². The van der Waals surface area contributed by atoms with E-state index in [-0.39, 0.29) is 24.1 Å². The van der Waals surface area contributed by atoms with Crippen molar-refractivity contribution >= 4 is 23.4 Å². The SMILES string of the molecule is O=C(NCc1ccncc1)c1ccnc(C(=O)NCc2ccccc2Cl)c1. The van der Waals surface area contributed by atoms with E-state index in [1.54, 1.807) is 24.5 Å². The van der Waals surface area contributed by atoms with E-state index in [0.29, 0.717) is 17.1 Å². The van der Waals surface area contributed by atoms with E-state index >= 15 is 0 Å². The molecule has 0 aliphatic carbocycles. The van der Waals surface area contributed by atoms with Gasteiger partial charge in [-0.1, -0.05) is 29.8 Å². The van der Waals surface area contributed by atoms with Gasteiger partial charge in [0.05, 0.1) is 0 Å². The minimum atomic E-state index is -0.376. The zero-order chi connectivity index (χ0) is 19.1. The molecule has 0 unspecified atom stereocenters. The van der Waals surface area contributed by atoms with Crippen LogP contribution in [-0.2, 0) is 13.1 Å². The molecule has 2 N–H and O–H groups in total. The normalized spacial score (nSPS) is 10.3. The topological polar surface area (TPSA) is 84.0 Å². The van der Waals surface area contributed by atoms with E-state index < -0.39 is 0 Å². The van der Waals surface area contributed by atoms with Crippen LogP contribution in [-0.4, -0.2) is 21.8 Å². The summed E-state index contributed by atoms with van der Waals surface area (Å²) in [4.78, 5) is 32.6. The average Bonchev–Trinajstić information content (AvgIpc) is 2.72. The largest absolute Gasteiger partial charge is 0.348 e.